The van der Waals surface area contributed by atoms with E-state index < -0.39 is 23.7 Å². The summed E-state index contributed by atoms with van der Waals surface area (Å²) >= 11 is 0. The summed E-state index contributed by atoms with van der Waals surface area (Å²) in [6.45, 7) is 1.05. The second-order valence-electron chi connectivity index (χ2n) is 8.52. The summed E-state index contributed by atoms with van der Waals surface area (Å²) in [5.41, 5.74) is 1.63. The predicted octanol–water partition coefficient (Wildman–Crippen LogP) is 5.28. The maximum atomic E-state index is 15.0. The van der Waals surface area contributed by atoms with Gasteiger partial charge in [-0.1, -0.05) is 0 Å². The standard InChI is InChI=1S/C24H22F3N5/c25-16-2-5-19(26)18(12-16)22(27)15-7-9-32(10-8-15)24-23(29-17-3-4-17)30-20-6-1-14(13-28)11-21(20)31-24/h1-2,5-6,11-12,15,17,22H,3-4,7-10H2,(H,29,30). The molecule has 5 nitrogen and oxygen atoms in total. The Kier molecular flexibility index (Phi) is 5.33. The second-order valence-corrected chi connectivity index (χ2v) is 8.52. The molecule has 8 heteroatoms. The zero-order chi connectivity index (χ0) is 22.2. The first kappa shape index (κ1) is 20.6. The van der Waals surface area contributed by atoms with Crippen LogP contribution in [0.5, 0.6) is 0 Å². The van der Waals surface area contributed by atoms with Crippen molar-refractivity contribution in [3.8, 4) is 6.07 Å². The molecule has 5 rings (SSSR count). The van der Waals surface area contributed by atoms with E-state index in [1.54, 1.807) is 18.2 Å². The number of hydrogen-bond donors (Lipinski definition) is 1. The maximum Gasteiger partial charge on any atom is 0.172 e. The van der Waals surface area contributed by atoms with Gasteiger partial charge in [-0.2, -0.15) is 5.26 Å². The molecule has 2 heterocycles. The Morgan fingerprint density at radius 1 is 1.00 bits per heavy atom. The highest BCUT2D eigenvalue weighted by atomic mass is 19.1. The van der Waals surface area contributed by atoms with Crippen LogP contribution in [0.25, 0.3) is 11.0 Å². The molecule has 2 aliphatic rings. The molecule has 1 aliphatic heterocycles. The van der Waals surface area contributed by atoms with Gasteiger partial charge in [0.15, 0.2) is 11.6 Å². The number of benzene rings is 2. The van der Waals surface area contributed by atoms with E-state index in [9.17, 15) is 14.0 Å². The Morgan fingerprint density at radius 2 is 1.78 bits per heavy atom. The van der Waals surface area contributed by atoms with E-state index in [0.29, 0.717) is 60.2 Å². The van der Waals surface area contributed by atoms with Gasteiger partial charge < -0.3 is 10.2 Å². The van der Waals surface area contributed by atoms with Gasteiger partial charge >= 0.3 is 0 Å². The Balaban J connectivity index is 1.38. The van der Waals surface area contributed by atoms with Crippen LogP contribution in [-0.4, -0.2) is 29.1 Å². The van der Waals surface area contributed by atoms with Crippen molar-refractivity contribution in [2.75, 3.05) is 23.3 Å². The smallest absolute Gasteiger partial charge is 0.172 e. The zero-order valence-electron chi connectivity index (χ0n) is 17.4. The molecule has 1 N–H and O–H groups in total. The van der Waals surface area contributed by atoms with E-state index in [-0.39, 0.29) is 5.56 Å². The summed E-state index contributed by atoms with van der Waals surface area (Å²) in [6.07, 6.45) is 1.57. The molecule has 32 heavy (non-hydrogen) atoms. The van der Waals surface area contributed by atoms with Gasteiger partial charge in [0.2, 0.25) is 0 Å². The van der Waals surface area contributed by atoms with E-state index in [1.807, 2.05) is 0 Å². The monoisotopic (exact) mass is 437 g/mol. The average molecular weight is 437 g/mol. The minimum atomic E-state index is -1.56. The molecule has 3 aromatic rings. The van der Waals surface area contributed by atoms with Crippen LogP contribution in [-0.2, 0) is 0 Å². The number of nitrogens with zero attached hydrogens (tertiary/aromatic N) is 4. The van der Waals surface area contributed by atoms with Crippen molar-refractivity contribution in [3.63, 3.8) is 0 Å². The van der Waals surface area contributed by atoms with Gasteiger partial charge in [-0.25, -0.2) is 23.1 Å². The topological polar surface area (TPSA) is 64.8 Å². The minimum Gasteiger partial charge on any atom is -0.364 e. The zero-order valence-corrected chi connectivity index (χ0v) is 17.4. The molecule has 164 valence electrons. The Labute approximate surface area is 183 Å². The summed E-state index contributed by atoms with van der Waals surface area (Å²) in [5.74, 6) is -0.381. The molecular weight excluding hydrogens is 415 g/mol. The highest BCUT2D eigenvalue weighted by Crippen LogP contribution is 2.38. The first-order valence-corrected chi connectivity index (χ1v) is 10.8. The molecule has 1 unspecified atom stereocenters. The SMILES string of the molecule is N#Cc1ccc2nc(NC3CC3)c(N3CCC(C(F)c4cc(F)ccc4F)CC3)nc2c1. The first-order chi connectivity index (χ1) is 15.5. The van der Waals surface area contributed by atoms with E-state index >= 15 is 4.39 Å². The van der Waals surface area contributed by atoms with Gasteiger partial charge in [0, 0.05) is 24.7 Å². The van der Waals surface area contributed by atoms with Crippen molar-refractivity contribution in [2.24, 2.45) is 5.92 Å². The summed E-state index contributed by atoms with van der Waals surface area (Å²) in [5, 5.41) is 12.6. The number of rotatable bonds is 5. The molecule has 1 atom stereocenters. The fourth-order valence-corrected chi connectivity index (χ4v) is 4.24. The van der Waals surface area contributed by atoms with Crippen molar-refractivity contribution in [1.29, 1.82) is 5.26 Å². The third-order valence-electron chi connectivity index (χ3n) is 6.20. The van der Waals surface area contributed by atoms with Crippen LogP contribution in [0.1, 0.15) is 43.0 Å². The number of nitriles is 1. The first-order valence-electron chi connectivity index (χ1n) is 10.8. The fourth-order valence-electron chi connectivity index (χ4n) is 4.24. The minimum absolute atomic E-state index is 0.214. The summed E-state index contributed by atoms with van der Waals surface area (Å²) in [7, 11) is 0. The third-order valence-corrected chi connectivity index (χ3v) is 6.20. The molecule has 0 radical (unpaired) electrons. The highest BCUT2D eigenvalue weighted by Gasteiger charge is 2.32. The van der Waals surface area contributed by atoms with Crippen molar-refractivity contribution < 1.29 is 13.2 Å². The lowest BCUT2D eigenvalue weighted by Crippen LogP contribution is -2.36. The van der Waals surface area contributed by atoms with Gasteiger partial charge in [-0.15, -0.1) is 0 Å². The van der Waals surface area contributed by atoms with Gasteiger partial charge in [0.05, 0.1) is 22.7 Å². The number of anilines is 2. The van der Waals surface area contributed by atoms with Crippen molar-refractivity contribution in [1.82, 2.24) is 9.97 Å². The van der Waals surface area contributed by atoms with Gasteiger partial charge in [0.25, 0.3) is 0 Å². The number of piperidine rings is 1. The van der Waals surface area contributed by atoms with E-state index in [2.05, 4.69) is 16.3 Å². The van der Waals surface area contributed by atoms with Crippen LogP contribution >= 0.6 is 0 Å². The molecule has 1 saturated carbocycles. The molecule has 1 aromatic heterocycles. The van der Waals surface area contributed by atoms with Gasteiger partial charge in [-0.3, -0.25) is 0 Å². The number of alkyl halides is 1. The summed E-state index contributed by atoms with van der Waals surface area (Å²) in [4.78, 5) is 11.6. The second kappa shape index (κ2) is 8.30. The van der Waals surface area contributed by atoms with E-state index in [4.69, 9.17) is 9.97 Å². The van der Waals surface area contributed by atoms with Crippen LogP contribution in [0.2, 0.25) is 0 Å². The Hall–Kier alpha value is -3.34. The Morgan fingerprint density at radius 3 is 2.50 bits per heavy atom. The van der Waals surface area contributed by atoms with E-state index in [1.165, 1.54) is 0 Å². The lowest BCUT2D eigenvalue weighted by molar-refractivity contribution is 0.193. The molecular formula is C24H22F3N5. The maximum absolute atomic E-state index is 15.0. The molecule has 0 amide bonds. The Bertz CT molecular complexity index is 1200. The van der Waals surface area contributed by atoms with Crippen LogP contribution in [0.15, 0.2) is 36.4 Å². The highest BCUT2D eigenvalue weighted by molar-refractivity contribution is 5.82. The molecule has 1 aliphatic carbocycles. The average Bonchev–Trinajstić information content (AvgIpc) is 3.63. The lowest BCUT2D eigenvalue weighted by atomic mass is 9.88. The number of fused-ring (bicyclic) bond motifs is 1. The summed E-state index contributed by atoms with van der Waals surface area (Å²) < 4.78 is 42.6. The lowest BCUT2D eigenvalue weighted by Gasteiger charge is -2.35. The molecule has 1 saturated heterocycles. The normalized spacial score (nSPS) is 17.9. The van der Waals surface area contributed by atoms with Crippen LogP contribution < -0.4 is 10.2 Å². The number of aromatic nitrogens is 2. The van der Waals surface area contributed by atoms with Gasteiger partial charge in [-0.05, 0) is 68.0 Å². The summed E-state index contributed by atoms with van der Waals surface area (Å²) in [6, 6.07) is 10.6. The predicted molar refractivity (Wildman–Crippen MR) is 116 cm³/mol. The molecule has 0 bridgehead atoms. The van der Waals surface area contributed by atoms with Crippen LogP contribution in [0.3, 0.4) is 0 Å². The van der Waals surface area contributed by atoms with Gasteiger partial charge in [0.1, 0.15) is 17.8 Å². The fraction of sp³-hybridized carbons (Fsp3) is 0.375. The number of halogens is 3. The number of nitrogens with one attached hydrogen (secondary N) is 1. The van der Waals surface area contributed by atoms with Crippen molar-refractivity contribution in [3.05, 3.63) is 59.2 Å². The van der Waals surface area contributed by atoms with E-state index in [0.717, 1.165) is 31.0 Å². The molecule has 2 fully saturated rings. The van der Waals surface area contributed by atoms with Crippen molar-refractivity contribution >= 4 is 22.7 Å². The van der Waals surface area contributed by atoms with Crippen molar-refractivity contribution in [2.45, 2.75) is 37.9 Å². The number of hydrogen-bond acceptors (Lipinski definition) is 5. The third kappa shape index (κ3) is 4.07. The van der Waals surface area contributed by atoms with Crippen LogP contribution in [0.4, 0.5) is 24.8 Å². The molecule has 2 aromatic carbocycles. The largest absolute Gasteiger partial charge is 0.364 e. The quantitative estimate of drug-likeness (QED) is 0.588. The van der Waals surface area contributed by atoms with Crippen LogP contribution in [0, 0.1) is 28.9 Å². The molecule has 0 spiro atoms.